The molecule has 4 heteroatoms. The highest BCUT2D eigenvalue weighted by atomic mass is 15.3. The highest BCUT2D eigenvalue weighted by molar-refractivity contribution is 5.83. The molecule has 2 heterocycles. The van der Waals surface area contributed by atoms with E-state index in [1.807, 2.05) is 42.6 Å². The van der Waals surface area contributed by atoms with E-state index in [1.165, 1.54) is 11.4 Å². The first-order valence-electron chi connectivity index (χ1n) is 6.93. The summed E-state index contributed by atoms with van der Waals surface area (Å²) in [5.41, 5.74) is 7.49. The fourth-order valence-electron chi connectivity index (χ4n) is 2.31. The molecule has 3 rings (SSSR count). The minimum absolute atomic E-state index is 0.746. The van der Waals surface area contributed by atoms with Crippen molar-refractivity contribution in [1.82, 2.24) is 9.55 Å². The van der Waals surface area contributed by atoms with Gasteiger partial charge in [0.2, 0.25) is 0 Å². The first-order chi connectivity index (χ1) is 10.1. The van der Waals surface area contributed by atoms with Gasteiger partial charge in [0.05, 0.1) is 11.7 Å². The van der Waals surface area contributed by atoms with E-state index in [2.05, 4.69) is 47.0 Å². The lowest BCUT2D eigenvalue weighted by Gasteiger charge is -2.02. The minimum atomic E-state index is 0.746. The number of hydrogen-bond donors (Lipinski definition) is 1. The molecule has 0 aliphatic heterocycles. The highest BCUT2D eigenvalue weighted by Crippen LogP contribution is 2.15. The lowest BCUT2D eigenvalue weighted by atomic mass is 10.2. The summed E-state index contributed by atoms with van der Waals surface area (Å²) in [5, 5.41) is 5.41. The molecule has 0 bridgehead atoms. The molecule has 0 unspecified atom stereocenters. The Balaban J connectivity index is 1.79. The molecule has 3 aromatic rings. The number of fused-ring (bicyclic) bond motifs is 1. The van der Waals surface area contributed by atoms with Crippen molar-refractivity contribution in [1.29, 1.82) is 0 Å². The molecule has 0 spiro atoms. The van der Waals surface area contributed by atoms with Gasteiger partial charge >= 0.3 is 0 Å². The third kappa shape index (κ3) is 2.65. The van der Waals surface area contributed by atoms with Crippen molar-refractivity contribution in [3.63, 3.8) is 0 Å². The normalized spacial score (nSPS) is 11.4. The summed E-state index contributed by atoms with van der Waals surface area (Å²) in [7, 11) is 2.06. The number of aryl methyl sites for hydroxylation is 1. The van der Waals surface area contributed by atoms with Crippen molar-refractivity contribution in [3.05, 3.63) is 59.4 Å². The number of pyridine rings is 1. The zero-order valence-electron chi connectivity index (χ0n) is 12.5. The van der Waals surface area contributed by atoms with Gasteiger partial charge in [0, 0.05) is 29.4 Å². The molecule has 106 valence electrons. The van der Waals surface area contributed by atoms with Gasteiger partial charge in [-0.15, -0.1) is 0 Å². The monoisotopic (exact) mass is 278 g/mol. The molecule has 4 nitrogen and oxygen atoms in total. The van der Waals surface area contributed by atoms with Crippen LogP contribution in [0.3, 0.4) is 0 Å². The maximum Gasteiger partial charge on any atom is 0.146 e. The molecule has 0 atom stereocenters. The van der Waals surface area contributed by atoms with Gasteiger partial charge in [-0.3, -0.25) is 5.43 Å². The zero-order chi connectivity index (χ0) is 14.8. The van der Waals surface area contributed by atoms with Crippen LogP contribution < -0.4 is 5.43 Å². The highest BCUT2D eigenvalue weighted by Gasteiger charge is 2.03. The van der Waals surface area contributed by atoms with Gasteiger partial charge in [0.25, 0.3) is 0 Å². The molecular weight excluding hydrogens is 260 g/mol. The lowest BCUT2D eigenvalue weighted by Crippen LogP contribution is -1.96. The molecule has 0 aliphatic rings. The van der Waals surface area contributed by atoms with Crippen LogP contribution in [-0.4, -0.2) is 15.8 Å². The Morgan fingerprint density at radius 2 is 1.95 bits per heavy atom. The average molecular weight is 278 g/mol. The summed E-state index contributed by atoms with van der Waals surface area (Å²) >= 11 is 0. The molecule has 0 saturated carbocycles. The number of anilines is 1. The molecular formula is C17H18N4. The van der Waals surface area contributed by atoms with E-state index < -0.39 is 0 Å². The van der Waals surface area contributed by atoms with Crippen LogP contribution in [-0.2, 0) is 7.05 Å². The van der Waals surface area contributed by atoms with Crippen molar-refractivity contribution in [3.8, 4) is 0 Å². The molecule has 0 fully saturated rings. The van der Waals surface area contributed by atoms with Crippen LogP contribution in [0.4, 0.5) is 5.82 Å². The second-order valence-corrected chi connectivity index (χ2v) is 5.14. The summed E-state index contributed by atoms with van der Waals surface area (Å²) in [4.78, 5) is 4.52. The van der Waals surface area contributed by atoms with Gasteiger partial charge in [-0.1, -0.05) is 18.2 Å². The summed E-state index contributed by atoms with van der Waals surface area (Å²) in [6, 6.07) is 14.1. The van der Waals surface area contributed by atoms with Crippen LogP contribution >= 0.6 is 0 Å². The fourth-order valence-corrected chi connectivity index (χ4v) is 2.31. The second-order valence-electron chi connectivity index (χ2n) is 5.14. The number of hydrazone groups is 1. The number of aromatic nitrogens is 2. The maximum atomic E-state index is 4.52. The van der Waals surface area contributed by atoms with E-state index in [0.717, 1.165) is 22.3 Å². The first-order valence-corrected chi connectivity index (χ1v) is 6.93. The molecule has 21 heavy (non-hydrogen) atoms. The van der Waals surface area contributed by atoms with Gasteiger partial charge in [0.15, 0.2) is 0 Å². The van der Waals surface area contributed by atoms with Gasteiger partial charge in [-0.05, 0) is 38.1 Å². The van der Waals surface area contributed by atoms with Crippen molar-refractivity contribution >= 4 is 22.9 Å². The summed E-state index contributed by atoms with van der Waals surface area (Å²) in [6.07, 6.45) is 1.83. The van der Waals surface area contributed by atoms with Gasteiger partial charge in [-0.25, -0.2) is 4.98 Å². The number of para-hydroxylation sites is 1. The van der Waals surface area contributed by atoms with E-state index in [4.69, 9.17) is 0 Å². The Labute approximate surface area is 124 Å². The van der Waals surface area contributed by atoms with E-state index in [1.54, 1.807) is 0 Å². The van der Waals surface area contributed by atoms with Gasteiger partial charge in [0.1, 0.15) is 5.82 Å². The molecule has 1 N–H and O–H groups in total. The molecule has 0 saturated heterocycles. The van der Waals surface area contributed by atoms with E-state index in [0.29, 0.717) is 0 Å². The molecule has 2 aromatic heterocycles. The Morgan fingerprint density at radius 3 is 2.71 bits per heavy atom. The third-order valence-electron chi connectivity index (χ3n) is 3.80. The number of benzene rings is 1. The number of rotatable bonds is 3. The van der Waals surface area contributed by atoms with E-state index in [9.17, 15) is 0 Å². The standard InChI is InChI=1S/C17H18N4/c1-12-10-15(13(2)21(12)3)11-18-20-17-9-8-14-6-4-5-7-16(14)19-17/h4-11H,1-3H3,(H,19,20)/b18-11-. The average Bonchev–Trinajstić information content (AvgIpc) is 2.74. The predicted octanol–water partition coefficient (Wildman–Crippen LogP) is 3.64. The second kappa shape index (κ2) is 5.40. The van der Waals surface area contributed by atoms with Gasteiger partial charge < -0.3 is 4.57 Å². The number of nitrogens with zero attached hydrogens (tertiary/aromatic N) is 3. The van der Waals surface area contributed by atoms with Crippen molar-refractivity contribution < 1.29 is 0 Å². The maximum absolute atomic E-state index is 4.52. The van der Waals surface area contributed by atoms with Crippen LogP contribution in [0.1, 0.15) is 17.0 Å². The Hall–Kier alpha value is -2.62. The molecule has 0 amide bonds. The number of hydrogen-bond acceptors (Lipinski definition) is 3. The Bertz CT molecular complexity index is 815. The van der Waals surface area contributed by atoms with Crippen LogP contribution in [0.25, 0.3) is 10.9 Å². The minimum Gasteiger partial charge on any atom is -0.352 e. The predicted molar refractivity (Wildman–Crippen MR) is 87.8 cm³/mol. The first kappa shape index (κ1) is 13.4. The van der Waals surface area contributed by atoms with E-state index >= 15 is 0 Å². The number of nitrogens with one attached hydrogen (secondary N) is 1. The lowest BCUT2D eigenvalue weighted by molar-refractivity contribution is 0.843. The van der Waals surface area contributed by atoms with Crippen LogP contribution in [0.2, 0.25) is 0 Å². The SMILES string of the molecule is Cc1cc(/C=N\Nc2ccc3ccccc3n2)c(C)n1C. The topological polar surface area (TPSA) is 42.2 Å². The van der Waals surface area contributed by atoms with E-state index in [-0.39, 0.29) is 0 Å². The summed E-state index contributed by atoms with van der Waals surface area (Å²) in [5.74, 6) is 0.746. The van der Waals surface area contributed by atoms with Crippen LogP contribution in [0.15, 0.2) is 47.6 Å². The van der Waals surface area contributed by atoms with Gasteiger partial charge in [-0.2, -0.15) is 5.10 Å². The van der Waals surface area contributed by atoms with Crippen LogP contribution in [0.5, 0.6) is 0 Å². The quantitative estimate of drug-likeness (QED) is 0.587. The van der Waals surface area contributed by atoms with Crippen molar-refractivity contribution in [2.45, 2.75) is 13.8 Å². The van der Waals surface area contributed by atoms with Crippen molar-refractivity contribution in [2.24, 2.45) is 12.1 Å². The molecule has 0 radical (unpaired) electrons. The zero-order valence-corrected chi connectivity index (χ0v) is 12.5. The Morgan fingerprint density at radius 1 is 1.14 bits per heavy atom. The third-order valence-corrected chi connectivity index (χ3v) is 3.80. The molecule has 0 aliphatic carbocycles. The summed E-state index contributed by atoms with van der Waals surface area (Å²) in [6.45, 7) is 4.17. The Kier molecular flexibility index (Phi) is 3.44. The van der Waals surface area contributed by atoms with Crippen LogP contribution in [0, 0.1) is 13.8 Å². The largest absolute Gasteiger partial charge is 0.352 e. The molecule has 1 aromatic carbocycles. The fraction of sp³-hybridized carbons (Fsp3) is 0.176. The smallest absolute Gasteiger partial charge is 0.146 e. The van der Waals surface area contributed by atoms with Crippen molar-refractivity contribution in [2.75, 3.05) is 5.43 Å². The summed E-state index contributed by atoms with van der Waals surface area (Å²) < 4.78 is 2.15.